The molecule has 0 unspecified atom stereocenters. The lowest BCUT2D eigenvalue weighted by molar-refractivity contribution is 0.0998. The van der Waals surface area contributed by atoms with Crippen molar-refractivity contribution in [2.45, 2.75) is 0 Å². The number of primary amides is 1. The van der Waals surface area contributed by atoms with Crippen LogP contribution in [-0.4, -0.2) is 21.7 Å². The summed E-state index contributed by atoms with van der Waals surface area (Å²) in [7, 11) is 0. The second-order valence-electron chi connectivity index (χ2n) is 6.07. The Balaban J connectivity index is 1.78. The second-order valence-corrected chi connectivity index (χ2v) is 6.07. The summed E-state index contributed by atoms with van der Waals surface area (Å²) >= 11 is 0. The zero-order valence-corrected chi connectivity index (χ0v) is 14.1. The number of hydrogen-bond donors (Lipinski definition) is 2. The number of pyridine rings is 1. The number of hydrogen-bond acceptors (Lipinski definition) is 3. The van der Waals surface area contributed by atoms with Gasteiger partial charge in [0.05, 0.1) is 5.56 Å². The first-order valence-corrected chi connectivity index (χ1v) is 8.21. The van der Waals surface area contributed by atoms with Gasteiger partial charge in [-0.15, -0.1) is 0 Å². The Labute approximate surface area is 153 Å². The van der Waals surface area contributed by atoms with Gasteiger partial charge in [-0.1, -0.05) is 24.3 Å². The first kappa shape index (κ1) is 16.7. The van der Waals surface area contributed by atoms with Crippen molar-refractivity contribution in [2.24, 2.45) is 5.73 Å². The molecule has 0 atom stereocenters. The van der Waals surface area contributed by atoms with Crippen molar-refractivity contribution in [2.75, 3.05) is 0 Å². The maximum absolute atomic E-state index is 14.0. The monoisotopic (exact) mass is 359 g/mol. The van der Waals surface area contributed by atoms with Crippen LogP contribution in [0.4, 0.5) is 4.39 Å². The summed E-state index contributed by atoms with van der Waals surface area (Å²) in [5, 5.41) is 0.597. The van der Waals surface area contributed by atoms with Crippen LogP contribution in [0.2, 0.25) is 0 Å². The Morgan fingerprint density at radius 1 is 0.963 bits per heavy atom. The van der Waals surface area contributed by atoms with Crippen molar-refractivity contribution < 1.29 is 14.0 Å². The van der Waals surface area contributed by atoms with E-state index in [9.17, 15) is 14.0 Å². The minimum Gasteiger partial charge on any atom is -0.366 e. The van der Waals surface area contributed by atoms with Gasteiger partial charge in [-0.25, -0.2) is 9.37 Å². The normalized spacial score (nSPS) is 10.9. The predicted octanol–water partition coefficient (Wildman–Crippen LogP) is 3.70. The second kappa shape index (κ2) is 6.49. The van der Waals surface area contributed by atoms with Gasteiger partial charge in [0, 0.05) is 34.5 Å². The lowest BCUT2D eigenvalue weighted by Gasteiger charge is -2.04. The van der Waals surface area contributed by atoms with E-state index < -0.39 is 17.5 Å². The first-order chi connectivity index (χ1) is 13.0. The third kappa shape index (κ3) is 2.97. The molecule has 3 N–H and O–H groups in total. The van der Waals surface area contributed by atoms with Gasteiger partial charge in [-0.2, -0.15) is 0 Å². The fourth-order valence-corrected chi connectivity index (χ4v) is 2.97. The summed E-state index contributed by atoms with van der Waals surface area (Å²) in [6.45, 7) is 0. The number of carbonyl (C=O) groups is 2. The number of ketones is 1. The van der Waals surface area contributed by atoms with Gasteiger partial charge in [-0.3, -0.25) is 9.59 Å². The third-order valence-electron chi connectivity index (χ3n) is 4.40. The van der Waals surface area contributed by atoms with E-state index in [1.54, 1.807) is 36.5 Å². The molecule has 27 heavy (non-hydrogen) atoms. The zero-order chi connectivity index (χ0) is 19.0. The Kier molecular flexibility index (Phi) is 4.01. The summed E-state index contributed by atoms with van der Waals surface area (Å²) < 4.78 is 14.0. The molecule has 1 amide bonds. The van der Waals surface area contributed by atoms with E-state index in [-0.39, 0.29) is 5.56 Å². The highest BCUT2D eigenvalue weighted by Crippen LogP contribution is 2.27. The highest BCUT2D eigenvalue weighted by molar-refractivity contribution is 6.16. The Morgan fingerprint density at radius 3 is 2.41 bits per heavy atom. The van der Waals surface area contributed by atoms with Crippen LogP contribution in [0.15, 0.2) is 67.0 Å². The van der Waals surface area contributed by atoms with Crippen LogP contribution in [0, 0.1) is 5.82 Å². The van der Waals surface area contributed by atoms with Crippen molar-refractivity contribution in [3.05, 3.63) is 89.5 Å². The molecule has 0 aliphatic carbocycles. The number of aromatic amines is 1. The van der Waals surface area contributed by atoms with Crippen LogP contribution in [0.25, 0.3) is 22.2 Å². The lowest BCUT2D eigenvalue weighted by atomic mass is 10.0. The molecule has 0 saturated heterocycles. The lowest BCUT2D eigenvalue weighted by Crippen LogP contribution is -2.10. The van der Waals surface area contributed by atoms with E-state index in [1.165, 1.54) is 24.4 Å². The third-order valence-corrected chi connectivity index (χ3v) is 4.40. The van der Waals surface area contributed by atoms with Crippen molar-refractivity contribution in [1.82, 2.24) is 9.97 Å². The molecule has 0 spiro atoms. The summed E-state index contributed by atoms with van der Waals surface area (Å²) in [5.41, 5.74) is 8.14. The number of nitrogens with one attached hydrogen (secondary N) is 1. The van der Waals surface area contributed by atoms with Gasteiger partial charge in [0.2, 0.25) is 5.91 Å². The fourth-order valence-electron chi connectivity index (χ4n) is 2.97. The maximum atomic E-state index is 14.0. The Morgan fingerprint density at radius 2 is 1.70 bits per heavy atom. The van der Waals surface area contributed by atoms with Crippen LogP contribution in [0.5, 0.6) is 0 Å². The molecule has 2 aromatic heterocycles. The van der Waals surface area contributed by atoms with Gasteiger partial charge in [-0.05, 0) is 35.9 Å². The summed E-state index contributed by atoms with van der Waals surface area (Å²) in [6, 6.07) is 14.5. The average molecular weight is 359 g/mol. The number of benzene rings is 2. The van der Waals surface area contributed by atoms with Crippen LogP contribution in [0.1, 0.15) is 26.3 Å². The minimum atomic E-state index is -0.567. The zero-order valence-electron chi connectivity index (χ0n) is 14.1. The minimum absolute atomic E-state index is 0.00890. The van der Waals surface area contributed by atoms with Gasteiger partial charge < -0.3 is 10.7 Å². The van der Waals surface area contributed by atoms with Gasteiger partial charge in [0.1, 0.15) is 11.5 Å². The SMILES string of the molecule is NC(=O)c1ccc(-c2cnc3[nH]cc(C(=O)c4ccccc4F)c3c2)cc1. The van der Waals surface area contributed by atoms with Gasteiger partial charge in [0.15, 0.2) is 5.78 Å². The Hall–Kier alpha value is -3.80. The quantitative estimate of drug-likeness (QED) is 0.545. The Bertz CT molecular complexity index is 1180. The van der Waals surface area contributed by atoms with Gasteiger partial charge >= 0.3 is 0 Å². The molecule has 0 bridgehead atoms. The molecule has 132 valence electrons. The van der Waals surface area contributed by atoms with Gasteiger partial charge in [0.25, 0.3) is 0 Å². The number of H-pyrrole nitrogens is 1. The van der Waals surface area contributed by atoms with Crippen molar-refractivity contribution >= 4 is 22.7 Å². The summed E-state index contributed by atoms with van der Waals surface area (Å²) in [5.74, 6) is -1.48. The van der Waals surface area contributed by atoms with Crippen molar-refractivity contribution in [1.29, 1.82) is 0 Å². The van der Waals surface area contributed by atoms with Crippen LogP contribution in [0.3, 0.4) is 0 Å². The van der Waals surface area contributed by atoms with Crippen LogP contribution in [-0.2, 0) is 0 Å². The molecule has 0 radical (unpaired) electrons. The molecule has 0 aliphatic rings. The van der Waals surface area contributed by atoms with E-state index in [0.717, 1.165) is 11.1 Å². The van der Waals surface area contributed by atoms with E-state index in [4.69, 9.17) is 5.73 Å². The highest BCUT2D eigenvalue weighted by Gasteiger charge is 2.18. The molecule has 0 fully saturated rings. The molecule has 0 aliphatic heterocycles. The molecular weight excluding hydrogens is 345 g/mol. The summed E-state index contributed by atoms with van der Waals surface area (Å²) in [6.07, 6.45) is 3.20. The molecular formula is C21H14FN3O2. The fraction of sp³-hybridized carbons (Fsp3) is 0. The molecule has 2 aromatic carbocycles. The van der Waals surface area contributed by atoms with E-state index in [0.29, 0.717) is 22.2 Å². The average Bonchev–Trinajstić information content (AvgIpc) is 3.11. The molecule has 6 heteroatoms. The predicted molar refractivity (Wildman–Crippen MR) is 99.9 cm³/mol. The van der Waals surface area contributed by atoms with E-state index in [1.807, 2.05) is 6.07 Å². The van der Waals surface area contributed by atoms with Crippen molar-refractivity contribution in [3.8, 4) is 11.1 Å². The summed E-state index contributed by atoms with van der Waals surface area (Å²) in [4.78, 5) is 31.3. The van der Waals surface area contributed by atoms with E-state index >= 15 is 0 Å². The molecule has 5 nitrogen and oxygen atoms in total. The highest BCUT2D eigenvalue weighted by atomic mass is 19.1. The largest absolute Gasteiger partial charge is 0.366 e. The van der Waals surface area contributed by atoms with Crippen LogP contribution < -0.4 is 5.73 Å². The molecule has 2 heterocycles. The molecule has 4 aromatic rings. The molecule has 4 rings (SSSR count). The van der Waals surface area contributed by atoms with Crippen LogP contribution >= 0.6 is 0 Å². The number of amides is 1. The molecule has 0 saturated carbocycles. The topological polar surface area (TPSA) is 88.8 Å². The number of halogens is 1. The number of nitrogens with zero attached hydrogens (tertiary/aromatic N) is 1. The van der Waals surface area contributed by atoms with Crippen molar-refractivity contribution in [3.63, 3.8) is 0 Å². The number of nitrogens with two attached hydrogens (primary N) is 1. The number of aromatic nitrogens is 2. The number of rotatable bonds is 4. The standard InChI is InChI=1S/C21H14FN3O2/c22-18-4-2-1-3-15(18)19(26)17-11-25-21-16(17)9-14(10-24-21)12-5-7-13(8-6-12)20(23)27/h1-11H,(H2,23,27)(H,24,25). The first-order valence-electron chi connectivity index (χ1n) is 8.21. The maximum Gasteiger partial charge on any atom is 0.248 e. The van der Waals surface area contributed by atoms with E-state index in [2.05, 4.69) is 9.97 Å². The smallest absolute Gasteiger partial charge is 0.248 e. The number of carbonyl (C=O) groups excluding carboxylic acids is 2. The number of fused-ring (bicyclic) bond motifs is 1.